The number of rotatable bonds is 5. The van der Waals surface area contributed by atoms with Gasteiger partial charge in [-0.2, -0.15) is 0 Å². The Bertz CT molecular complexity index is 810. The number of carbonyl (C=O) groups is 2. The third-order valence-corrected chi connectivity index (χ3v) is 4.97. The van der Waals surface area contributed by atoms with Crippen molar-refractivity contribution in [3.8, 4) is 5.75 Å². The van der Waals surface area contributed by atoms with Gasteiger partial charge in [0.05, 0.1) is 13.5 Å². The Hall–Kier alpha value is -2.37. The van der Waals surface area contributed by atoms with E-state index >= 15 is 0 Å². The molecule has 0 aromatic heterocycles. The van der Waals surface area contributed by atoms with E-state index in [1.165, 1.54) is 6.92 Å². The summed E-state index contributed by atoms with van der Waals surface area (Å²) in [6.45, 7) is 2.66. The zero-order valence-electron chi connectivity index (χ0n) is 15.6. The highest BCUT2D eigenvalue weighted by Crippen LogP contribution is 2.28. The minimum Gasteiger partial charge on any atom is -0.496 e. The van der Waals surface area contributed by atoms with Crippen molar-refractivity contribution in [1.29, 1.82) is 0 Å². The maximum Gasteiger partial charge on any atom is 0.227 e. The van der Waals surface area contributed by atoms with Gasteiger partial charge in [-0.3, -0.25) is 9.59 Å². The van der Waals surface area contributed by atoms with Gasteiger partial charge in [0.15, 0.2) is 5.78 Å². The summed E-state index contributed by atoms with van der Waals surface area (Å²) in [5, 5.41) is 0. The topological polar surface area (TPSA) is 72.6 Å². The van der Waals surface area contributed by atoms with Crippen molar-refractivity contribution in [3.63, 3.8) is 0 Å². The van der Waals surface area contributed by atoms with Crippen LogP contribution in [0.3, 0.4) is 0 Å². The van der Waals surface area contributed by atoms with Crippen LogP contribution < -0.4 is 10.5 Å². The van der Waals surface area contributed by atoms with Gasteiger partial charge in [-0.1, -0.05) is 30.3 Å². The van der Waals surface area contributed by atoms with Gasteiger partial charge in [0.25, 0.3) is 0 Å². The third kappa shape index (κ3) is 4.67. The van der Waals surface area contributed by atoms with E-state index < -0.39 is 0 Å². The number of amides is 1. The van der Waals surface area contributed by atoms with Crippen molar-refractivity contribution in [2.24, 2.45) is 5.73 Å². The number of hydrogen-bond acceptors (Lipinski definition) is 4. The molecular weight excluding hydrogens is 364 g/mol. The number of carbonyl (C=O) groups excluding carboxylic acids is 2. The van der Waals surface area contributed by atoms with E-state index in [4.69, 9.17) is 10.5 Å². The lowest BCUT2D eigenvalue weighted by Gasteiger charge is -2.18. The molecule has 0 unspecified atom stereocenters. The standard InChI is InChI=1S/C21H24N2O3.ClH/c1-14(24)16-8-9-20(26-2)17(10-16)11-21(25)23-12-18(19(22)13-23)15-6-4-3-5-7-15;/h3-10,18-19H,11-13,22H2,1-2H3;1H/t18-,19+;/m0./s1. The fourth-order valence-corrected chi connectivity index (χ4v) is 3.50. The summed E-state index contributed by atoms with van der Waals surface area (Å²) in [5.41, 5.74) is 8.75. The number of ether oxygens (including phenoxy) is 1. The number of halogens is 1. The number of Topliss-reactive ketones (excluding diaryl/α,β-unsaturated/α-hetero) is 1. The van der Waals surface area contributed by atoms with Crippen molar-refractivity contribution in [2.45, 2.75) is 25.3 Å². The molecule has 2 aromatic rings. The smallest absolute Gasteiger partial charge is 0.227 e. The predicted octanol–water partition coefficient (Wildman–Crippen LogP) is 2.82. The third-order valence-electron chi connectivity index (χ3n) is 4.97. The Kier molecular flexibility index (Phi) is 6.99. The van der Waals surface area contributed by atoms with Crippen LogP contribution in [0.2, 0.25) is 0 Å². The normalized spacial score (nSPS) is 18.7. The first-order valence-electron chi connectivity index (χ1n) is 8.75. The van der Waals surface area contributed by atoms with Crippen LogP contribution in [-0.2, 0) is 11.2 Å². The monoisotopic (exact) mass is 388 g/mol. The molecule has 27 heavy (non-hydrogen) atoms. The van der Waals surface area contributed by atoms with Crippen LogP contribution in [0.1, 0.15) is 34.3 Å². The molecule has 1 saturated heterocycles. The van der Waals surface area contributed by atoms with E-state index in [0.29, 0.717) is 24.4 Å². The number of nitrogens with two attached hydrogens (primary N) is 1. The molecule has 0 bridgehead atoms. The molecule has 0 aliphatic carbocycles. The van der Waals surface area contributed by atoms with Gasteiger partial charge in [0.2, 0.25) is 5.91 Å². The van der Waals surface area contributed by atoms with Crippen molar-refractivity contribution in [2.75, 3.05) is 20.2 Å². The lowest BCUT2D eigenvalue weighted by Crippen LogP contribution is -2.33. The van der Waals surface area contributed by atoms with Crippen molar-refractivity contribution in [3.05, 3.63) is 65.2 Å². The second kappa shape index (κ2) is 9.02. The van der Waals surface area contributed by atoms with Crippen molar-refractivity contribution in [1.82, 2.24) is 4.90 Å². The summed E-state index contributed by atoms with van der Waals surface area (Å²) < 4.78 is 5.35. The first kappa shape index (κ1) is 20.9. The van der Waals surface area contributed by atoms with Gasteiger partial charge in [0, 0.05) is 36.2 Å². The second-order valence-electron chi connectivity index (χ2n) is 6.74. The fourth-order valence-electron chi connectivity index (χ4n) is 3.50. The van der Waals surface area contributed by atoms with Gasteiger partial charge in [-0.25, -0.2) is 0 Å². The first-order chi connectivity index (χ1) is 12.5. The molecule has 2 N–H and O–H groups in total. The molecule has 5 nitrogen and oxygen atoms in total. The summed E-state index contributed by atoms with van der Waals surface area (Å²) in [7, 11) is 1.56. The lowest BCUT2D eigenvalue weighted by atomic mass is 9.95. The first-order valence-corrected chi connectivity index (χ1v) is 8.75. The molecule has 6 heteroatoms. The zero-order valence-corrected chi connectivity index (χ0v) is 16.4. The molecule has 0 saturated carbocycles. The van der Waals surface area contributed by atoms with E-state index in [9.17, 15) is 9.59 Å². The predicted molar refractivity (Wildman–Crippen MR) is 108 cm³/mol. The van der Waals surface area contributed by atoms with E-state index in [0.717, 1.165) is 11.1 Å². The van der Waals surface area contributed by atoms with E-state index in [2.05, 4.69) is 12.1 Å². The molecule has 1 aliphatic rings. The summed E-state index contributed by atoms with van der Waals surface area (Å²) in [6.07, 6.45) is 0.193. The number of likely N-dealkylation sites (tertiary alicyclic amines) is 1. The maximum atomic E-state index is 12.8. The minimum absolute atomic E-state index is 0. The SMILES string of the molecule is COc1ccc(C(C)=O)cc1CC(=O)N1C[C@@H](N)[C@H](c2ccccc2)C1.Cl. The maximum absolute atomic E-state index is 12.8. The summed E-state index contributed by atoms with van der Waals surface area (Å²) >= 11 is 0. The minimum atomic E-state index is -0.0770. The van der Waals surface area contributed by atoms with Crippen LogP contribution in [0, 0.1) is 0 Å². The number of benzene rings is 2. The molecule has 1 amide bonds. The number of ketones is 1. The van der Waals surface area contributed by atoms with Crippen LogP contribution in [0.25, 0.3) is 0 Å². The lowest BCUT2D eigenvalue weighted by molar-refractivity contribution is -0.129. The highest BCUT2D eigenvalue weighted by molar-refractivity contribution is 5.94. The Balaban J connectivity index is 0.00000261. The molecule has 0 radical (unpaired) electrons. The Morgan fingerprint density at radius 1 is 1.15 bits per heavy atom. The number of methoxy groups -OCH3 is 1. The Morgan fingerprint density at radius 2 is 1.85 bits per heavy atom. The van der Waals surface area contributed by atoms with Gasteiger partial charge in [-0.05, 0) is 30.7 Å². The molecular formula is C21H25ClN2O3. The van der Waals surface area contributed by atoms with Crippen LogP contribution in [0.5, 0.6) is 5.75 Å². The molecule has 1 fully saturated rings. The molecule has 2 atom stereocenters. The molecule has 1 heterocycles. The Morgan fingerprint density at radius 3 is 2.48 bits per heavy atom. The van der Waals surface area contributed by atoms with Crippen molar-refractivity contribution < 1.29 is 14.3 Å². The number of nitrogens with zero attached hydrogens (tertiary/aromatic N) is 1. The largest absolute Gasteiger partial charge is 0.496 e. The zero-order chi connectivity index (χ0) is 18.7. The van der Waals surface area contributed by atoms with Crippen LogP contribution in [0.4, 0.5) is 0 Å². The number of hydrogen-bond donors (Lipinski definition) is 1. The molecule has 0 spiro atoms. The average Bonchev–Trinajstić information content (AvgIpc) is 3.04. The Labute approximate surface area is 165 Å². The quantitative estimate of drug-likeness (QED) is 0.799. The summed E-state index contributed by atoms with van der Waals surface area (Å²) in [5.74, 6) is 0.726. The summed E-state index contributed by atoms with van der Waals surface area (Å²) in [4.78, 5) is 26.3. The molecule has 2 aromatic carbocycles. The van der Waals surface area contributed by atoms with Crippen LogP contribution in [0.15, 0.2) is 48.5 Å². The second-order valence-corrected chi connectivity index (χ2v) is 6.74. The highest BCUT2D eigenvalue weighted by atomic mass is 35.5. The fraction of sp³-hybridized carbons (Fsp3) is 0.333. The van der Waals surface area contributed by atoms with Crippen LogP contribution >= 0.6 is 12.4 Å². The van der Waals surface area contributed by atoms with Gasteiger partial charge in [-0.15, -0.1) is 12.4 Å². The molecule has 3 rings (SSSR count). The van der Waals surface area contributed by atoms with Crippen molar-refractivity contribution >= 4 is 24.1 Å². The average molecular weight is 389 g/mol. The van der Waals surface area contributed by atoms with Crippen LogP contribution in [-0.4, -0.2) is 42.8 Å². The summed E-state index contributed by atoms with van der Waals surface area (Å²) in [6, 6.07) is 15.2. The van der Waals surface area contributed by atoms with E-state index in [1.54, 1.807) is 25.3 Å². The van der Waals surface area contributed by atoms with E-state index in [1.807, 2.05) is 23.1 Å². The molecule has 144 valence electrons. The van der Waals surface area contributed by atoms with Gasteiger partial charge < -0.3 is 15.4 Å². The molecule has 1 aliphatic heterocycles. The van der Waals surface area contributed by atoms with Gasteiger partial charge >= 0.3 is 0 Å². The highest BCUT2D eigenvalue weighted by Gasteiger charge is 2.33. The van der Waals surface area contributed by atoms with Gasteiger partial charge in [0.1, 0.15) is 5.75 Å². The van der Waals surface area contributed by atoms with E-state index in [-0.39, 0.29) is 42.5 Å².